The van der Waals surface area contributed by atoms with Gasteiger partial charge in [0.1, 0.15) is 23.7 Å². The Bertz CT molecular complexity index is 680. The number of ketones is 1. The van der Waals surface area contributed by atoms with Crippen LogP contribution in [0.15, 0.2) is 0 Å². The highest BCUT2D eigenvalue weighted by Crippen LogP contribution is 2.68. The van der Waals surface area contributed by atoms with Crippen molar-refractivity contribution in [3.8, 4) is 0 Å². The lowest BCUT2D eigenvalue weighted by Crippen LogP contribution is -2.67. The molecule has 1 N–H and O–H groups in total. The number of carbonyl (C=O) groups excluding carboxylic acids is 2. The van der Waals surface area contributed by atoms with Gasteiger partial charge in [0.2, 0.25) is 0 Å². The van der Waals surface area contributed by atoms with Crippen LogP contribution in [0.2, 0.25) is 0 Å². The van der Waals surface area contributed by atoms with E-state index in [4.69, 9.17) is 4.74 Å². The van der Waals surface area contributed by atoms with E-state index in [0.717, 1.165) is 25.7 Å². The third-order valence-electron chi connectivity index (χ3n) is 9.59. The van der Waals surface area contributed by atoms with Crippen molar-refractivity contribution in [1.82, 2.24) is 0 Å². The number of Topliss-reactive ketones (excluding diaryl/α,β-unsaturated/α-hetero) is 1. The summed E-state index contributed by atoms with van der Waals surface area (Å²) < 4.78 is 21.0. The van der Waals surface area contributed by atoms with Gasteiger partial charge in [0.05, 0.1) is 0 Å². The van der Waals surface area contributed by atoms with E-state index in [2.05, 4.69) is 13.8 Å². The van der Waals surface area contributed by atoms with Crippen LogP contribution in [0.1, 0.15) is 79.1 Å². The van der Waals surface area contributed by atoms with Crippen molar-refractivity contribution >= 4 is 11.8 Å². The van der Waals surface area contributed by atoms with Crippen molar-refractivity contribution in [2.45, 2.75) is 96.9 Å². The van der Waals surface area contributed by atoms with Crippen molar-refractivity contribution < 1.29 is 23.8 Å². The fraction of sp³-hybridized carbons (Fsp3) is 0.913. The number of carbonyl (C=O) groups is 2. The third kappa shape index (κ3) is 2.64. The standard InChI is InChI=1S/C23H35FO4/c1-13(25)17-5-6-18-16-11-20(24)23(27)12-15(28-14(2)26)7-10-22(23,4)19(16)8-9-21(17,18)3/h15-20,27H,5-12H2,1-4H3/t15-,16-,17+,18-,19-,20-,21-,22-,23+/m1/s1. The van der Waals surface area contributed by atoms with E-state index in [1.54, 1.807) is 6.92 Å². The first kappa shape index (κ1) is 20.3. The largest absolute Gasteiger partial charge is 0.462 e. The Kier molecular flexibility index (Phi) is 4.73. The van der Waals surface area contributed by atoms with Crippen LogP contribution in [0.3, 0.4) is 0 Å². The maximum absolute atomic E-state index is 15.6. The highest BCUT2D eigenvalue weighted by Gasteiger charge is 2.68. The minimum absolute atomic E-state index is 0.0204. The van der Waals surface area contributed by atoms with Crippen molar-refractivity contribution in [3.63, 3.8) is 0 Å². The number of hydrogen-bond acceptors (Lipinski definition) is 4. The first-order valence-electron chi connectivity index (χ1n) is 11.1. The van der Waals surface area contributed by atoms with Gasteiger partial charge in [-0.3, -0.25) is 9.59 Å². The number of aliphatic hydroxyl groups is 1. The van der Waals surface area contributed by atoms with Crippen LogP contribution >= 0.6 is 0 Å². The van der Waals surface area contributed by atoms with E-state index in [1.165, 1.54) is 6.92 Å². The fourth-order valence-corrected chi connectivity index (χ4v) is 8.20. The van der Waals surface area contributed by atoms with Gasteiger partial charge in [-0.2, -0.15) is 0 Å². The molecule has 0 bridgehead atoms. The molecule has 0 aromatic carbocycles. The molecule has 5 heteroatoms. The zero-order valence-electron chi connectivity index (χ0n) is 17.7. The van der Waals surface area contributed by atoms with Gasteiger partial charge in [0.25, 0.3) is 0 Å². The van der Waals surface area contributed by atoms with Gasteiger partial charge < -0.3 is 9.84 Å². The van der Waals surface area contributed by atoms with E-state index >= 15 is 4.39 Å². The average molecular weight is 395 g/mol. The predicted molar refractivity (Wildman–Crippen MR) is 103 cm³/mol. The van der Waals surface area contributed by atoms with E-state index in [0.29, 0.717) is 25.2 Å². The molecule has 4 saturated carbocycles. The Hall–Kier alpha value is -0.970. The van der Waals surface area contributed by atoms with Gasteiger partial charge in [-0.15, -0.1) is 0 Å². The quantitative estimate of drug-likeness (QED) is 0.712. The summed E-state index contributed by atoms with van der Waals surface area (Å²) in [5.74, 6) is 0.882. The van der Waals surface area contributed by atoms with E-state index in [-0.39, 0.29) is 41.3 Å². The summed E-state index contributed by atoms with van der Waals surface area (Å²) in [6, 6.07) is 0. The van der Waals surface area contributed by atoms with Crippen molar-refractivity contribution in [3.05, 3.63) is 0 Å². The summed E-state index contributed by atoms with van der Waals surface area (Å²) in [6.45, 7) is 7.40. The normalized spacial score (nSPS) is 52.9. The van der Waals surface area contributed by atoms with E-state index < -0.39 is 23.3 Å². The van der Waals surface area contributed by atoms with E-state index in [1.807, 2.05) is 0 Å². The monoisotopic (exact) mass is 394 g/mol. The maximum atomic E-state index is 15.6. The second-order valence-corrected chi connectivity index (χ2v) is 10.7. The van der Waals surface area contributed by atoms with Crippen molar-refractivity contribution in [2.24, 2.45) is 34.5 Å². The second-order valence-electron chi connectivity index (χ2n) is 10.7. The van der Waals surface area contributed by atoms with Crippen LogP contribution in [-0.4, -0.2) is 34.7 Å². The van der Waals surface area contributed by atoms with Crippen LogP contribution in [0, 0.1) is 34.5 Å². The highest BCUT2D eigenvalue weighted by atomic mass is 19.1. The molecule has 0 heterocycles. The Balaban J connectivity index is 1.63. The molecule has 0 spiro atoms. The van der Waals surface area contributed by atoms with Gasteiger partial charge in [0.15, 0.2) is 0 Å². The molecular formula is C23H35FO4. The Labute approximate surface area is 167 Å². The van der Waals surface area contributed by atoms with Crippen LogP contribution in [0.4, 0.5) is 4.39 Å². The number of esters is 1. The molecule has 158 valence electrons. The number of hydrogen-bond donors (Lipinski definition) is 1. The summed E-state index contributed by atoms with van der Waals surface area (Å²) in [7, 11) is 0. The topological polar surface area (TPSA) is 63.6 Å². The number of ether oxygens (including phenoxy) is 1. The molecular weight excluding hydrogens is 359 g/mol. The third-order valence-corrected chi connectivity index (χ3v) is 9.59. The first-order chi connectivity index (χ1) is 13.0. The molecule has 0 radical (unpaired) electrons. The number of alkyl halides is 1. The average Bonchev–Trinajstić information content (AvgIpc) is 2.95. The maximum Gasteiger partial charge on any atom is 0.302 e. The highest BCUT2D eigenvalue weighted by molar-refractivity contribution is 5.79. The Morgan fingerprint density at radius 3 is 2.39 bits per heavy atom. The first-order valence-corrected chi connectivity index (χ1v) is 11.1. The SMILES string of the molecule is CC(=O)O[C@@H]1CC[C@]2(C)[C@@H]3CC[C@@]4(C)[C@H](CC[C@H]4C(C)=O)[C@H]3C[C@@H](F)[C@@]2(O)C1. The van der Waals surface area contributed by atoms with Crippen molar-refractivity contribution in [1.29, 1.82) is 0 Å². The van der Waals surface area contributed by atoms with Crippen LogP contribution in [0.25, 0.3) is 0 Å². The lowest BCUT2D eigenvalue weighted by molar-refractivity contribution is -0.251. The number of fused-ring (bicyclic) bond motifs is 5. The van der Waals surface area contributed by atoms with E-state index in [9.17, 15) is 14.7 Å². The van der Waals surface area contributed by atoms with Crippen LogP contribution in [0.5, 0.6) is 0 Å². The molecule has 0 aromatic heterocycles. The molecule has 0 saturated heterocycles. The summed E-state index contributed by atoms with van der Waals surface area (Å²) in [4.78, 5) is 23.6. The van der Waals surface area contributed by atoms with Crippen LogP contribution in [-0.2, 0) is 14.3 Å². The molecule has 0 aromatic rings. The molecule has 0 unspecified atom stereocenters. The number of rotatable bonds is 2. The van der Waals surface area contributed by atoms with Crippen molar-refractivity contribution in [2.75, 3.05) is 0 Å². The molecule has 28 heavy (non-hydrogen) atoms. The summed E-state index contributed by atoms with van der Waals surface area (Å²) in [5.41, 5.74) is -1.95. The van der Waals surface area contributed by atoms with Gasteiger partial charge >= 0.3 is 5.97 Å². The lowest BCUT2D eigenvalue weighted by atomic mass is 9.42. The minimum Gasteiger partial charge on any atom is -0.462 e. The molecule has 4 aliphatic carbocycles. The Morgan fingerprint density at radius 1 is 1.04 bits per heavy atom. The molecule has 9 atom stereocenters. The molecule has 4 fully saturated rings. The van der Waals surface area contributed by atoms with Gasteiger partial charge in [-0.1, -0.05) is 13.8 Å². The lowest BCUT2D eigenvalue weighted by Gasteiger charge is -2.64. The zero-order valence-corrected chi connectivity index (χ0v) is 17.7. The zero-order chi connectivity index (χ0) is 20.5. The predicted octanol–water partition coefficient (Wildman–Crippen LogP) is 4.23. The minimum atomic E-state index is -1.43. The fourth-order valence-electron chi connectivity index (χ4n) is 8.20. The molecule has 4 rings (SSSR count). The second kappa shape index (κ2) is 6.52. The van der Waals surface area contributed by atoms with Gasteiger partial charge in [-0.25, -0.2) is 4.39 Å². The molecule has 0 aliphatic heterocycles. The summed E-state index contributed by atoms with van der Waals surface area (Å²) in [5, 5.41) is 11.6. The van der Waals surface area contributed by atoms with Gasteiger partial charge in [-0.05, 0) is 75.0 Å². The van der Waals surface area contributed by atoms with Gasteiger partial charge in [0, 0.05) is 24.7 Å². The van der Waals surface area contributed by atoms with Crippen LogP contribution < -0.4 is 0 Å². The smallest absolute Gasteiger partial charge is 0.302 e. The number of halogens is 1. The molecule has 0 amide bonds. The summed E-state index contributed by atoms with van der Waals surface area (Å²) in [6.07, 6.45) is 4.09. The molecule has 4 nitrogen and oxygen atoms in total. The molecule has 4 aliphatic rings. The summed E-state index contributed by atoms with van der Waals surface area (Å²) >= 11 is 0. The Morgan fingerprint density at radius 2 is 1.75 bits per heavy atom.